The minimum Gasteiger partial charge on any atom is -0.481 e. The van der Waals surface area contributed by atoms with Crippen molar-refractivity contribution in [3.63, 3.8) is 0 Å². The van der Waals surface area contributed by atoms with Crippen LogP contribution < -0.4 is 10.1 Å². The van der Waals surface area contributed by atoms with E-state index in [1.54, 1.807) is 19.1 Å². The average Bonchev–Trinajstić information content (AvgIpc) is 3.18. The zero-order valence-corrected chi connectivity index (χ0v) is 17.5. The fourth-order valence-corrected chi connectivity index (χ4v) is 2.89. The third-order valence-electron chi connectivity index (χ3n) is 4.20. The van der Waals surface area contributed by atoms with Crippen LogP contribution in [-0.4, -0.2) is 22.2 Å². The summed E-state index contributed by atoms with van der Waals surface area (Å²) in [7, 11) is 0. The van der Waals surface area contributed by atoms with Crippen LogP contribution >= 0.6 is 15.9 Å². The highest BCUT2D eigenvalue weighted by Gasteiger charge is 2.27. The van der Waals surface area contributed by atoms with Gasteiger partial charge in [-0.2, -0.15) is 4.98 Å². The Balaban J connectivity index is 1.69. The number of carbonyl (C=O) groups excluding carboxylic acids is 1. The highest BCUT2D eigenvalue weighted by molar-refractivity contribution is 9.10. The number of hydrogen-bond donors (Lipinski definition) is 1. The number of benzene rings is 2. The Bertz CT molecular complexity index is 910. The summed E-state index contributed by atoms with van der Waals surface area (Å²) >= 11 is 3.38. The number of nitrogens with one attached hydrogen (secondary N) is 1. The molecule has 0 unspecified atom stereocenters. The Labute approximate surface area is 172 Å². The maximum absolute atomic E-state index is 12.6. The Hall–Kier alpha value is -2.67. The van der Waals surface area contributed by atoms with Gasteiger partial charge >= 0.3 is 0 Å². The van der Waals surface area contributed by atoms with Crippen LogP contribution in [0.3, 0.4) is 0 Å². The second kappa shape index (κ2) is 9.01. The average molecular weight is 444 g/mol. The van der Waals surface area contributed by atoms with Gasteiger partial charge in [0.15, 0.2) is 6.10 Å². The van der Waals surface area contributed by atoms with Crippen molar-refractivity contribution < 1.29 is 14.1 Å². The lowest BCUT2D eigenvalue weighted by molar-refractivity contribution is -0.128. The first kappa shape index (κ1) is 20.1. The van der Waals surface area contributed by atoms with Gasteiger partial charge < -0.3 is 14.6 Å². The van der Waals surface area contributed by atoms with E-state index in [1.807, 2.05) is 56.3 Å². The maximum Gasteiger partial charge on any atom is 0.261 e. The zero-order chi connectivity index (χ0) is 20.1. The zero-order valence-electron chi connectivity index (χ0n) is 15.9. The first-order chi connectivity index (χ1) is 13.4. The topological polar surface area (TPSA) is 77.2 Å². The van der Waals surface area contributed by atoms with E-state index in [4.69, 9.17) is 9.26 Å². The molecule has 3 aromatic rings. The monoisotopic (exact) mass is 443 g/mol. The molecule has 2 atom stereocenters. The molecule has 0 fully saturated rings. The van der Waals surface area contributed by atoms with Crippen molar-refractivity contribution in [3.05, 3.63) is 65.0 Å². The molecule has 28 heavy (non-hydrogen) atoms. The van der Waals surface area contributed by atoms with Gasteiger partial charge in [-0.3, -0.25) is 4.79 Å². The van der Waals surface area contributed by atoms with Crippen LogP contribution in [0.5, 0.6) is 5.75 Å². The van der Waals surface area contributed by atoms with Gasteiger partial charge in [0, 0.05) is 10.0 Å². The number of halogens is 1. The van der Waals surface area contributed by atoms with E-state index < -0.39 is 12.1 Å². The van der Waals surface area contributed by atoms with Crippen LogP contribution in [-0.2, 0) is 4.79 Å². The third kappa shape index (κ3) is 4.98. The summed E-state index contributed by atoms with van der Waals surface area (Å²) in [6.45, 7) is 5.67. The van der Waals surface area contributed by atoms with Crippen LogP contribution in [0.2, 0.25) is 0 Å². The largest absolute Gasteiger partial charge is 0.481 e. The van der Waals surface area contributed by atoms with Gasteiger partial charge in [0.05, 0.1) is 0 Å². The molecule has 1 heterocycles. The van der Waals surface area contributed by atoms with E-state index >= 15 is 0 Å². The van der Waals surface area contributed by atoms with Gasteiger partial charge in [0.1, 0.15) is 11.8 Å². The van der Waals surface area contributed by atoms with Crippen molar-refractivity contribution in [1.82, 2.24) is 15.5 Å². The molecule has 0 saturated heterocycles. The minimum absolute atomic E-state index is 0.0629. The summed E-state index contributed by atoms with van der Waals surface area (Å²) < 4.78 is 12.1. The summed E-state index contributed by atoms with van der Waals surface area (Å²) in [6.07, 6.45) is -0.668. The maximum atomic E-state index is 12.6. The second-order valence-electron chi connectivity index (χ2n) is 6.77. The fourth-order valence-electron chi connectivity index (χ4n) is 2.62. The second-order valence-corrected chi connectivity index (χ2v) is 7.68. The lowest BCUT2D eigenvalue weighted by Crippen LogP contribution is -2.40. The molecule has 0 aliphatic carbocycles. The molecule has 1 amide bonds. The van der Waals surface area contributed by atoms with Gasteiger partial charge in [-0.15, -0.1) is 0 Å². The predicted molar refractivity (Wildman–Crippen MR) is 110 cm³/mol. The van der Waals surface area contributed by atoms with Crippen LogP contribution in [0.15, 0.2) is 63.6 Å². The molecule has 0 spiro atoms. The van der Waals surface area contributed by atoms with Gasteiger partial charge in [-0.05, 0) is 37.1 Å². The number of amides is 1. The Morgan fingerprint density at radius 3 is 2.39 bits per heavy atom. The Kier molecular flexibility index (Phi) is 6.46. The van der Waals surface area contributed by atoms with Crippen molar-refractivity contribution in [2.75, 3.05) is 0 Å². The van der Waals surface area contributed by atoms with Crippen LogP contribution in [0.1, 0.15) is 32.7 Å². The molecule has 2 aromatic carbocycles. The molecule has 3 rings (SSSR count). The summed E-state index contributed by atoms with van der Waals surface area (Å²) in [6, 6.07) is 16.5. The Morgan fingerprint density at radius 2 is 1.75 bits per heavy atom. The van der Waals surface area contributed by atoms with Crippen molar-refractivity contribution >= 4 is 21.8 Å². The van der Waals surface area contributed by atoms with Crippen LogP contribution in [0.25, 0.3) is 11.4 Å². The predicted octanol–water partition coefficient (Wildman–Crippen LogP) is 4.78. The molecule has 0 bridgehead atoms. The molecular formula is C21H22BrN3O3. The molecule has 0 aliphatic heterocycles. The number of nitrogens with zero attached hydrogens (tertiary/aromatic N) is 2. The van der Waals surface area contributed by atoms with Gasteiger partial charge in [-0.1, -0.05) is 65.3 Å². The van der Waals surface area contributed by atoms with E-state index in [9.17, 15) is 4.79 Å². The van der Waals surface area contributed by atoms with Crippen molar-refractivity contribution in [1.29, 1.82) is 0 Å². The lowest BCUT2D eigenvalue weighted by atomic mass is 10.0. The molecule has 0 radical (unpaired) electrons. The quantitative estimate of drug-likeness (QED) is 0.568. The number of aromatic nitrogens is 2. The molecule has 6 nitrogen and oxygen atoms in total. The van der Waals surface area contributed by atoms with E-state index in [1.165, 1.54) is 0 Å². The van der Waals surface area contributed by atoms with Crippen LogP contribution in [0, 0.1) is 5.92 Å². The van der Waals surface area contributed by atoms with Crippen LogP contribution in [0.4, 0.5) is 0 Å². The molecule has 0 aliphatic rings. The van der Waals surface area contributed by atoms with Gasteiger partial charge in [-0.25, -0.2) is 0 Å². The summed E-state index contributed by atoms with van der Waals surface area (Å²) in [4.78, 5) is 17.1. The smallest absolute Gasteiger partial charge is 0.261 e. The van der Waals surface area contributed by atoms with Crippen molar-refractivity contribution in [2.24, 2.45) is 5.92 Å². The summed E-state index contributed by atoms with van der Waals surface area (Å²) in [5.74, 6) is 1.30. The number of hydrogen-bond acceptors (Lipinski definition) is 5. The summed E-state index contributed by atoms with van der Waals surface area (Å²) in [5, 5.41) is 7.00. The van der Waals surface area contributed by atoms with E-state index in [2.05, 4.69) is 31.4 Å². The molecule has 146 valence electrons. The van der Waals surface area contributed by atoms with E-state index in [-0.39, 0.29) is 11.8 Å². The standard InChI is InChI=1S/C21H22BrN3O3/c1-13(2)18(21-24-19(25-28-21)15-7-5-4-6-8-15)23-20(26)14(3)27-17-11-9-16(22)10-12-17/h4-14,18H,1-3H3,(H,23,26)/t14-,18-/m1/s1. The lowest BCUT2D eigenvalue weighted by Gasteiger charge is -2.21. The SMILES string of the molecule is CC(C)[C@@H](NC(=O)[C@@H](C)Oc1ccc(Br)cc1)c1nc(-c2ccccc2)no1. The fraction of sp³-hybridized carbons (Fsp3) is 0.286. The molecule has 1 N–H and O–H groups in total. The van der Waals surface area contributed by atoms with Gasteiger partial charge in [0.25, 0.3) is 5.91 Å². The first-order valence-corrected chi connectivity index (χ1v) is 9.85. The first-order valence-electron chi connectivity index (χ1n) is 9.05. The van der Waals surface area contributed by atoms with E-state index in [0.717, 1.165) is 10.0 Å². The van der Waals surface area contributed by atoms with Crippen molar-refractivity contribution in [3.8, 4) is 17.1 Å². The minimum atomic E-state index is -0.668. The Morgan fingerprint density at radius 1 is 1.07 bits per heavy atom. The molecule has 7 heteroatoms. The third-order valence-corrected chi connectivity index (χ3v) is 4.73. The normalized spacial score (nSPS) is 13.2. The van der Waals surface area contributed by atoms with Gasteiger partial charge in [0.2, 0.25) is 11.7 Å². The van der Waals surface area contributed by atoms with E-state index in [0.29, 0.717) is 17.5 Å². The summed E-state index contributed by atoms with van der Waals surface area (Å²) in [5.41, 5.74) is 0.860. The highest BCUT2D eigenvalue weighted by atomic mass is 79.9. The molecule has 1 aromatic heterocycles. The highest BCUT2D eigenvalue weighted by Crippen LogP contribution is 2.24. The molecular weight excluding hydrogens is 422 g/mol. The number of carbonyl (C=O) groups is 1. The molecule has 0 saturated carbocycles. The van der Waals surface area contributed by atoms with Crippen molar-refractivity contribution in [2.45, 2.75) is 32.9 Å². The number of rotatable bonds is 7. The number of ether oxygens (including phenoxy) is 1.